The van der Waals surface area contributed by atoms with Crippen molar-refractivity contribution in [2.45, 2.75) is 6.10 Å². The summed E-state index contributed by atoms with van der Waals surface area (Å²) < 4.78 is 5.47. The molecule has 102 valence electrons. The summed E-state index contributed by atoms with van der Waals surface area (Å²) >= 11 is 0. The molecule has 2 rings (SSSR count). The smallest absolute Gasteiger partial charge is 0.273 e. The quantitative estimate of drug-likeness (QED) is 0.666. The van der Waals surface area contributed by atoms with Gasteiger partial charge in [0, 0.05) is 11.6 Å². The molecular weight excluding hydrogens is 260 g/mol. The Morgan fingerprint density at radius 1 is 1.15 bits per heavy atom. The molecule has 0 spiro atoms. The van der Waals surface area contributed by atoms with Crippen LogP contribution in [-0.4, -0.2) is 10.8 Å². The van der Waals surface area contributed by atoms with Gasteiger partial charge >= 0.3 is 0 Å². The molecule has 0 saturated heterocycles. The van der Waals surface area contributed by atoms with Gasteiger partial charge in [0.05, 0.1) is 11.0 Å². The second-order valence-electron chi connectivity index (χ2n) is 4.07. The van der Waals surface area contributed by atoms with Crippen LogP contribution in [0.15, 0.2) is 54.6 Å². The Balaban J connectivity index is 2.27. The topological polar surface area (TPSA) is 95.5 Å². The number of nitro groups is 1. The van der Waals surface area contributed by atoms with Crippen LogP contribution in [-0.2, 0) is 4.79 Å². The summed E-state index contributed by atoms with van der Waals surface area (Å²) in [6, 6.07) is 14.3. The highest BCUT2D eigenvalue weighted by Crippen LogP contribution is 2.25. The molecule has 2 aromatic carbocycles. The van der Waals surface area contributed by atoms with Crippen molar-refractivity contribution in [3.63, 3.8) is 0 Å². The lowest BCUT2D eigenvalue weighted by Crippen LogP contribution is -2.26. The van der Waals surface area contributed by atoms with Crippen LogP contribution in [0.3, 0.4) is 0 Å². The zero-order chi connectivity index (χ0) is 14.5. The summed E-state index contributed by atoms with van der Waals surface area (Å²) in [6.07, 6.45) is -0.988. The lowest BCUT2D eigenvalue weighted by molar-refractivity contribution is -0.384. The molecule has 2 aromatic rings. The predicted octanol–water partition coefficient (Wildman–Crippen LogP) is 2.20. The summed E-state index contributed by atoms with van der Waals surface area (Å²) in [7, 11) is 0. The minimum absolute atomic E-state index is 0.112. The van der Waals surface area contributed by atoms with Crippen molar-refractivity contribution in [2.75, 3.05) is 0 Å². The van der Waals surface area contributed by atoms with E-state index in [1.54, 1.807) is 30.3 Å². The lowest BCUT2D eigenvalue weighted by atomic mass is 10.1. The van der Waals surface area contributed by atoms with Gasteiger partial charge in [-0.2, -0.15) is 0 Å². The number of non-ortho nitro benzene ring substituents is 1. The highest BCUT2D eigenvalue weighted by Gasteiger charge is 2.20. The van der Waals surface area contributed by atoms with Crippen molar-refractivity contribution in [2.24, 2.45) is 5.73 Å². The molecule has 2 N–H and O–H groups in total. The molecule has 0 bridgehead atoms. The fourth-order valence-corrected chi connectivity index (χ4v) is 1.72. The molecule has 0 aliphatic carbocycles. The van der Waals surface area contributed by atoms with Gasteiger partial charge in [-0.05, 0) is 6.07 Å². The summed E-state index contributed by atoms with van der Waals surface area (Å²) in [5.74, 6) is -0.449. The first-order valence-electron chi connectivity index (χ1n) is 5.83. The van der Waals surface area contributed by atoms with Gasteiger partial charge in [0.1, 0.15) is 5.75 Å². The highest BCUT2D eigenvalue weighted by molar-refractivity contribution is 5.80. The number of primary amides is 1. The Morgan fingerprint density at radius 3 is 2.45 bits per heavy atom. The standard InChI is InChI=1S/C14H12N2O4/c15-14(17)13(10-5-2-1-3-6-10)20-12-8-4-7-11(9-12)16(18)19/h1-9,13H,(H2,15,17). The Bertz CT molecular complexity index is 628. The van der Waals surface area contributed by atoms with E-state index < -0.39 is 16.9 Å². The van der Waals surface area contributed by atoms with E-state index in [-0.39, 0.29) is 11.4 Å². The first-order chi connectivity index (χ1) is 9.58. The summed E-state index contributed by atoms with van der Waals surface area (Å²) in [5, 5.41) is 10.7. The zero-order valence-electron chi connectivity index (χ0n) is 10.4. The predicted molar refractivity (Wildman–Crippen MR) is 72.1 cm³/mol. The molecule has 6 heteroatoms. The molecule has 1 atom stereocenters. The second-order valence-corrected chi connectivity index (χ2v) is 4.07. The van der Waals surface area contributed by atoms with E-state index in [0.29, 0.717) is 5.56 Å². The van der Waals surface area contributed by atoms with Crippen LogP contribution < -0.4 is 10.5 Å². The van der Waals surface area contributed by atoms with Gasteiger partial charge in [0.2, 0.25) is 6.10 Å². The van der Waals surface area contributed by atoms with Crippen molar-refractivity contribution < 1.29 is 14.5 Å². The van der Waals surface area contributed by atoms with Crippen molar-refractivity contribution >= 4 is 11.6 Å². The van der Waals surface area contributed by atoms with Crippen LogP contribution in [0, 0.1) is 10.1 Å². The van der Waals surface area contributed by atoms with Crippen molar-refractivity contribution in [3.8, 4) is 5.75 Å². The molecule has 0 aliphatic heterocycles. The van der Waals surface area contributed by atoms with Gasteiger partial charge in [-0.1, -0.05) is 36.4 Å². The molecule has 6 nitrogen and oxygen atoms in total. The fraction of sp³-hybridized carbons (Fsp3) is 0.0714. The van der Waals surface area contributed by atoms with Gasteiger partial charge in [-0.15, -0.1) is 0 Å². The maximum Gasteiger partial charge on any atom is 0.273 e. The van der Waals surface area contributed by atoms with Crippen LogP contribution in [0.5, 0.6) is 5.75 Å². The molecule has 0 aliphatic rings. The third-order valence-electron chi connectivity index (χ3n) is 2.64. The lowest BCUT2D eigenvalue weighted by Gasteiger charge is -2.16. The van der Waals surface area contributed by atoms with Crippen LogP contribution in [0.4, 0.5) is 5.69 Å². The number of amides is 1. The van der Waals surface area contributed by atoms with Gasteiger partial charge in [0.15, 0.2) is 0 Å². The van der Waals surface area contributed by atoms with E-state index in [0.717, 1.165) is 0 Å². The summed E-state index contributed by atoms with van der Waals surface area (Å²) in [6.45, 7) is 0. The van der Waals surface area contributed by atoms with E-state index in [9.17, 15) is 14.9 Å². The van der Waals surface area contributed by atoms with Gasteiger partial charge in [0.25, 0.3) is 11.6 Å². The van der Waals surface area contributed by atoms with Gasteiger partial charge < -0.3 is 10.5 Å². The number of benzene rings is 2. The normalized spacial score (nSPS) is 11.6. The minimum Gasteiger partial charge on any atom is -0.476 e. The average Bonchev–Trinajstić information content (AvgIpc) is 2.45. The number of nitro benzene ring substituents is 1. The first kappa shape index (κ1) is 13.5. The molecule has 0 heterocycles. The van der Waals surface area contributed by atoms with E-state index in [1.807, 2.05) is 0 Å². The Labute approximate surface area is 114 Å². The molecule has 1 amide bonds. The van der Waals surface area contributed by atoms with E-state index in [1.165, 1.54) is 24.3 Å². The molecule has 0 saturated carbocycles. The SMILES string of the molecule is NC(=O)C(Oc1cccc([N+](=O)[O-])c1)c1ccccc1. The number of nitrogens with zero attached hydrogens (tertiary/aromatic N) is 1. The van der Waals surface area contributed by atoms with Crippen molar-refractivity contribution in [1.82, 2.24) is 0 Å². The zero-order valence-corrected chi connectivity index (χ0v) is 10.4. The molecule has 0 fully saturated rings. The molecule has 0 radical (unpaired) electrons. The Kier molecular flexibility index (Phi) is 3.95. The maximum atomic E-state index is 11.5. The third-order valence-corrected chi connectivity index (χ3v) is 2.64. The summed E-state index contributed by atoms with van der Waals surface area (Å²) in [4.78, 5) is 21.7. The van der Waals surface area contributed by atoms with E-state index in [4.69, 9.17) is 10.5 Å². The number of carbonyl (C=O) groups excluding carboxylic acids is 1. The molecular formula is C14H12N2O4. The number of ether oxygens (including phenoxy) is 1. The average molecular weight is 272 g/mol. The first-order valence-corrected chi connectivity index (χ1v) is 5.83. The number of hydrogen-bond acceptors (Lipinski definition) is 4. The molecule has 20 heavy (non-hydrogen) atoms. The summed E-state index contributed by atoms with van der Waals surface area (Å²) in [5.41, 5.74) is 5.79. The maximum absolute atomic E-state index is 11.5. The fourth-order valence-electron chi connectivity index (χ4n) is 1.72. The number of nitrogens with two attached hydrogens (primary N) is 1. The highest BCUT2D eigenvalue weighted by atomic mass is 16.6. The van der Waals surface area contributed by atoms with Crippen LogP contribution in [0.2, 0.25) is 0 Å². The van der Waals surface area contributed by atoms with Crippen LogP contribution >= 0.6 is 0 Å². The third kappa shape index (κ3) is 3.11. The molecule has 0 aromatic heterocycles. The molecule has 1 unspecified atom stereocenters. The minimum atomic E-state index is -0.988. The second kappa shape index (κ2) is 5.83. The Morgan fingerprint density at radius 2 is 1.85 bits per heavy atom. The van der Waals surface area contributed by atoms with E-state index >= 15 is 0 Å². The monoisotopic (exact) mass is 272 g/mol. The van der Waals surface area contributed by atoms with E-state index in [2.05, 4.69) is 0 Å². The number of rotatable bonds is 5. The number of carbonyl (C=O) groups is 1. The van der Waals surface area contributed by atoms with Crippen LogP contribution in [0.25, 0.3) is 0 Å². The van der Waals surface area contributed by atoms with Crippen molar-refractivity contribution in [3.05, 3.63) is 70.3 Å². The number of hydrogen-bond donors (Lipinski definition) is 1. The van der Waals surface area contributed by atoms with Crippen LogP contribution in [0.1, 0.15) is 11.7 Å². The Hall–Kier alpha value is -2.89. The van der Waals surface area contributed by atoms with Gasteiger partial charge in [-0.25, -0.2) is 0 Å². The van der Waals surface area contributed by atoms with Crippen molar-refractivity contribution in [1.29, 1.82) is 0 Å². The van der Waals surface area contributed by atoms with Gasteiger partial charge in [-0.3, -0.25) is 14.9 Å². The largest absolute Gasteiger partial charge is 0.476 e.